The molecule has 0 aliphatic heterocycles. The van der Waals surface area contributed by atoms with Crippen molar-refractivity contribution in [3.63, 3.8) is 0 Å². The maximum Gasteiger partial charge on any atom is 0.212 e. The van der Waals surface area contributed by atoms with Crippen LogP contribution < -0.4 is 9.47 Å². The lowest BCUT2D eigenvalue weighted by molar-refractivity contribution is 0.397. The molecule has 2 rings (SSSR count). The second-order valence-electron chi connectivity index (χ2n) is 4.34. The summed E-state index contributed by atoms with van der Waals surface area (Å²) in [5.41, 5.74) is 2.76. The van der Waals surface area contributed by atoms with E-state index in [2.05, 4.69) is 4.98 Å². The number of pyridine rings is 1. The van der Waals surface area contributed by atoms with Gasteiger partial charge in [0.2, 0.25) is 5.88 Å². The Balaban J connectivity index is 2.28. The highest BCUT2D eigenvalue weighted by Crippen LogP contribution is 2.29. The van der Waals surface area contributed by atoms with Crippen LogP contribution in [0.25, 0.3) is 0 Å². The third-order valence-electron chi connectivity index (χ3n) is 3.00. The Hall–Kier alpha value is -2.23. The molecule has 0 unspecified atom stereocenters. The fourth-order valence-electron chi connectivity index (χ4n) is 1.90. The third kappa shape index (κ3) is 2.96. The van der Waals surface area contributed by atoms with Gasteiger partial charge < -0.3 is 14.6 Å². The zero-order chi connectivity index (χ0) is 13.8. The lowest BCUT2D eigenvalue weighted by Gasteiger charge is -2.11. The van der Waals surface area contributed by atoms with Crippen LogP contribution in [0.1, 0.15) is 16.7 Å². The average Bonchev–Trinajstić information content (AvgIpc) is 2.43. The molecule has 1 aromatic heterocycles. The number of rotatable bonds is 4. The Labute approximate surface area is 112 Å². The first-order chi connectivity index (χ1) is 9.13. The fourth-order valence-corrected chi connectivity index (χ4v) is 1.90. The lowest BCUT2D eigenvalue weighted by Crippen LogP contribution is -1.96. The summed E-state index contributed by atoms with van der Waals surface area (Å²) in [6.07, 6.45) is 2.41. The molecule has 0 aliphatic rings. The molecular formula is C15H17NO3. The molecule has 0 bridgehead atoms. The maximum absolute atomic E-state index is 9.79. The van der Waals surface area contributed by atoms with Gasteiger partial charge in [0.1, 0.15) is 11.5 Å². The minimum absolute atomic E-state index is 0.275. The number of ether oxygens (including phenoxy) is 2. The molecule has 0 aliphatic carbocycles. The predicted molar refractivity (Wildman–Crippen MR) is 73.0 cm³/mol. The van der Waals surface area contributed by atoms with Gasteiger partial charge in [-0.2, -0.15) is 0 Å². The topological polar surface area (TPSA) is 51.6 Å². The monoisotopic (exact) mass is 259 g/mol. The number of nitrogens with zero attached hydrogens (tertiary/aromatic N) is 1. The van der Waals surface area contributed by atoms with E-state index < -0.39 is 0 Å². The summed E-state index contributed by atoms with van der Waals surface area (Å²) >= 11 is 0. The SMILES string of the molecule is COc1ccc(Cc2cc(O)c(C)cc2OC)cn1. The van der Waals surface area contributed by atoms with Crippen molar-refractivity contribution < 1.29 is 14.6 Å². The largest absolute Gasteiger partial charge is 0.508 e. The van der Waals surface area contributed by atoms with Crippen molar-refractivity contribution in [3.8, 4) is 17.4 Å². The van der Waals surface area contributed by atoms with Crippen LogP contribution in [0.4, 0.5) is 0 Å². The molecule has 4 heteroatoms. The van der Waals surface area contributed by atoms with Crippen molar-refractivity contribution in [1.82, 2.24) is 4.98 Å². The molecule has 0 spiro atoms. The van der Waals surface area contributed by atoms with E-state index in [1.165, 1.54) is 0 Å². The molecule has 1 N–H and O–H groups in total. The maximum atomic E-state index is 9.79. The van der Waals surface area contributed by atoms with Gasteiger partial charge in [-0.05, 0) is 30.2 Å². The number of phenols is 1. The zero-order valence-electron chi connectivity index (χ0n) is 11.3. The van der Waals surface area contributed by atoms with Crippen LogP contribution >= 0.6 is 0 Å². The average molecular weight is 259 g/mol. The van der Waals surface area contributed by atoms with E-state index in [-0.39, 0.29) is 5.75 Å². The molecule has 0 fully saturated rings. The summed E-state index contributed by atoms with van der Waals surface area (Å²) < 4.78 is 10.4. The van der Waals surface area contributed by atoms with Crippen molar-refractivity contribution in [1.29, 1.82) is 0 Å². The summed E-state index contributed by atoms with van der Waals surface area (Å²) in [5.74, 6) is 1.63. The first-order valence-corrected chi connectivity index (χ1v) is 5.99. The van der Waals surface area contributed by atoms with Gasteiger partial charge in [0.25, 0.3) is 0 Å². The fraction of sp³-hybridized carbons (Fsp3) is 0.267. The number of benzene rings is 1. The Morgan fingerprint density at radius 1 is 1.16 bits per heavy atom. The zero-order valence-corrected chi connectivity index (χ0v) is 11.3. The second kappa shape index (κ2) is 5.61. The quantitative estimate of drug-likeness (QED) is 0.917. The van der Waals surface area contributed by atoms with Gasteiger partial charge in [-0.1, -0.05) is 6.07 Å². The number of aryl methyl sites for hydroxylation is 1. The molecule has 100 valence electrons. The number of hydrogen-bond donors (Lipinski definition) is 1. The van der Waals surface area contributed by atoms with E-state index in [1.54, 1.807) is 26.5 Å². The van der Waals surface area contributed by atoms with Crippen LogP contribution in [0, 0.1) is 6.92 Å². The highest BCUT2D eigenvalue weighted by atomic mass is 16.5. The number of aromatic hydroxyl groups is 1. The predicted octanol–water partition coefficient (Wildman–Crippen LogP) is 2.70. The summed E-state index contributed by atoms with van der Waals surface area (Å²) in [6.45, 7) is 1.84. The van der Waals surface area contributed by atoms with E-state index in [0.29, 0.717) is 12.3 Å². The van der Waals surface area contributed by atoms with Crippen LogP contribution in [0.5, 0.6) is 17.4 Å². The number of aromatic nitrogens is 1. The van der Waals surface area contributed by atoms with E-state index in [1.807, 2.05) is 25.1 Å². The molecule has 19 heavy (non-hydrogen) atoms. The van der Waals surface area contributed by atoms with Crippen molar-refractivity contribution in [3.05, 3.63) is 47.2 Å². The second-order valence-corrected chi connectivity index (χ2v) is 4.34. The van der Waals surface area contributed by atoms with Gasteiger partial charge in [-0.25, -0.2) is 4.98 Å². The molecule has 0 saturated carbocycles. The number of hydrogen-bond acceptors (Lipinski definition) is 4. The summed E-state index contributed by atoms with van der Waals surface area (Å²) in [4.78, 5) is 4.16. The number of methoxy groups -OCH3 is 2. The Morgan fingerprint density at radius 2 is 1.95 bits per heavy atom. The smallest absolute Gasteiger partial charge is 0.212 e. The lowest BCUT2D eigenvalue weighted by atomic mass is 10.0. The van der Waals surface area contributed by atoms with Gasteiger partial charge in [0.15, 0.2) is 0 Å². The van der Waals surface area contributed by atoms with Gasteiger partial charge >= 0.3 is 0 Å². The van der Waals surface area contributed by atoms with Gasteiger partial charge in [-0.15, -0.1) is 0 Å². The van der Waals surface area contributed by atoms with Gasteiger partial charge in [0, 0.05) is 24.2 Å². The van der Waals surface area contributed by atoms with E-state index in [0.717, 1.165) is 22.4 Å². The molecule has 1 aromatic carbocycles. The van der Waals surface area contributed by atoms with Crippen LogP contribution in [0.2, 0.25) is 0 Å². The Morgan fingerprint density at radius 3 is 2.53 bits per heavy atom. The van der Waals surface area contributed by atoms with E-state index in [4.69, 9.17) is 9.47 Å². The van der Waals surface area contributed by atoms with Crippen molar-refractivity contribution in [2.45, 2.75) is 13.3 Å². The van der Waals surface area contributed by atoms with E-state index in [9.17, 15) is 5.11 Å². The molecule has 0 saturated heterocycles. The molecular weight excluding hydrogens is 242 g/mol. The van der Waals surface area contributed by atoms with Gasteiger partial charge in [0.05, 0.1) is 14.2 Å². The Bertz CT molecular complexity index is 564. The normalized spacial score (nSPS) is 10.3. The van der Waals surface area contributed by atoms with Crippen molar-refractivity contribution in [2.24, 2.45) is 0 Å². The molecule has 0 atom stereocenters. The number of phenolic OH excluding ortho intramolecular Hbond substituents is 1. The first-order valence-electron chi connectivity index (χ1n) is 5.99. The summed E-state index contributed by atoms with van der Waals surface area (Å²) in [5, 5.41) is 9.79. The minimum Gasteiger partial charge on any atom is -0.508 e. The molecule has 4 nitrogen and oxygen atoms in total. The van der Waals surface area contributed by atoms with Crippen molar-refractivity contribution in [2.75, 3.05) is 14.2 Å². The highest BCUT2D eigenvalue weighted by molar-refractivity contribution is 5.47. The first kappa shape index (κ1) is 13.2. The molecule has 1 heterocycles. The summed E-state index contributed by atoms with van der Waals surface area (Å²) in [6, 6.07) is 7.33. The summed E-state index contributed by atoms with van der Waals surface area (Å²) in [7, 11) is 3.21. The minimum atomic E-state index is 0.275. The van der Waals surface area contributed by atoms with Crippen molar-refractivity contribution >= 4 is 0 Å². The van der Waals surface area contributed by atoms with Gasteiger partial charge in [-0.3, -0.25) is 0 Å². The van der Waals surface area contributed by atoms with Crippen LogP contribution in [-0.4, -0.2) is 24.3 Å². The molecule has 0 radical (unpaired) electrons. The van der Waals surface area contributed by atoms with Crippen LogP contribution in [0.3, 0.4) is 0 Å². The van der Waals surface area contributed by atoms with E-state index >= 15 is 0 Å². The van der Waals surface area contributed by atoms with Crippen LogP contribution in [0.15, 0.2) is 30.5 Å². The highest BCUT2D eigenvalue weighted by Gasteiger charge is 2.08. The molecule has 2 aromatic rings. The third-order valence-corrected chi connectivity index (χ3v) is 3.00. The Kier molecular flexibility index (Phi) is 3.90. The standard InChI is InChI=1S/C15H17NO3/c1-10-6-14(18-2)12(8-13(10)17)7-11-4-5-15(19-3)16-9-11/h4-6,8-9,17H,7H2,1-3H3. The molecule has 0 amide bonds. The van der Waals surface area contributed by atoms with Crippen LogP contribution in [-0.2, 0) is 6.42 Å².